The summed E-state index contributed by atoms with van der Waals surface area (Å²) in [5.41, 5.74) is 1.60. The van der Waals surface area contributed by atoms with Crippen LogP contribution in [0.15, 0.2) is 39.8 Å². The molecule has 1 N–H and O–H groups in total. The molecule has 0 amide bonds. The Morgan fingerprint density at radius 1 is 1.30 bits per heavy atom. The summed E-state index contributed by atoms with van der Waals surface area (Å²) in [5.74, 6) is 0.588. The summed E-state index contributed by atoms with van der Waals surface area (Å²) in [7, 11) is -3.17. The van der Waals surface area contributed by atoms with Crippen LogP contribution in [-0.4, -0.2) is 18.7 Å². The van der Waals surface area contributed by atoms with Gasteiger partial charge in [-0.25, -0.2) is 13.4 Å². The van der Waals surface area contributed by atoms with Crippen LogP contribution < -0.4 is 5.32 Å². The number of oxazole rings is 1. The highest BCUT2D eigenvalue weighted by molar-refractivity contribution is 7.92. The van der Waals surface area contributed by atoms with Gasteiger partial charge < -0.3 is 9.73 Å². The van der Waals surface area contributed by atoms with E-state index in [1.54, 1.807) is 24.5 Å². The predicted molar refractivity (Wildman–Crippen MR) is 89.2 cm³/mol. The average Bonchev–Trinajstić information content (AvgIpc) is 3.24. The highest BCUT2D eigenvalue weighted by atomic mass is 32.2. The third kappa shape index (κ3) is 3.58. The van der Waals surface area contributed by atoms with Gasteiger partial charge in [-0.2, -0.15) is 0 Å². The van der Waals surface area contributed by atoms with Crippen LogP contribution in [0.3, 0.4) is 0 Å². The Morgan fingerprint density at radius 3 is 2.65 bits per heavy atom. The first kappa shape index (κ1) is 16.1. The molecule has 1 aliphatic carbocycles. The van der Waals surface area contributed by atoms with Crippen LogP contribution in [0.5, 0.6) is 0 Å². The first-order chi connectivity index (χ1) is 10.8. The minimum atomic E-state index is -3.17. The molecular weight excluding hydrogens is 312 g/mol. The lowest BCUT2D eigenvalue weighted by Crippen LogP contribution is -2.12. The second-order valence-corrected chi connectivity index (χ2v) is 9.23. The molecule has 0 aliphatic heterocycles. The summed E-state index contributed by atoms with van der Waals surface area (Å²) in [6, 6.07) is 6.94. The molecule has 0 unspecified atom stereocenters. The van der Waals surface area contributed by atoms with Crippen LogP contribution in [0.1, 0.15) is 45.2 Å². The van der Waals surface area contributed by atoms with Gasteiger partial charge >= 0.3 is 0 Å². The van der Waals surface area contributed by atoms with E-state index in [0.29, 0.717) is 17.3 Å². The SMILES string of the molecule is CC(C)(C)c1coc(CNc2cccc(S(=O)(=O)C3CC3)c2)n1. The maximum Gasteiger partial charge on any atom is 0.213 e. The second kappa shape index (κ2) is 5.67. The van der Waals surface area contributed by atoms with Gasteiger partial charge in [-0.1, -0.05) is 26.8 Å². The van der Waals surface area contributed by atoms with Crippen molar-refractivity contribution in [3.63, 3.8) is 0 Å². The van der Waals surface area contributed by atoms with E-state index < -0.39 is 9.84 Å². The van der Waals surface area contributed by atoms with E-state index >= 15 is 0 Å². The molecular formula is C17H22N2O3S. The van der Waals surface area contributed by atoms with E-state index in [0.717, 1.165) is 24.2 Å². The highest BCUT2D eigenvalue weighted by Crippen LogP contribution is 2.34. The Hall–Kier alpha value is -1.82. The van der Waals surface area contributed by atoms with Crippen molar-refractivity contribution in [1.29, 1.82) is 0 Å². The van der Waals surface area contributed by atoms with Gasteiger partial charge in [-0.15, -0.1) is 0 Å². The van der Waals surface area contributed by atoms with Gasteiger partial charge in [-0.3, -0.25) is 0 Å². The molecule has 1 aromatic heterocycles. The molecule has 0 spiro atoms. The van der Waals surface area contributed by atoms with E-state index in [9.17, 15) is 8.42 Å². The zero-order chi connectivity index (χ0) is 16.7. The van der Waals surface area contributed by atoms with Crippen molar-refractivity contribution < 1.29 is 12.8 Å². The molecule has 0 radical (unpaired) electrons. The molecule has 0 bridgehead atoms. The van der Waals surface area contributed by atoms with Crippen LogP contribution in [-0.2, 0) is 21.8 Å². The van der Waals surface area contributed by atoms with Crippen LogP contribution in [0.4, 0.5) is 5.69 Å². The van der Waals surface area contributed by atoms with E-state index in [1.807, 2.05) is 6.07 Å². The molecule has 23 heavy (non-hydrogen) atoms. The Balaban J connectivity index is 1.70. The lowest BCUT2D eigenvalue weighted by molar-refractivity contribution is 0.499. The van der Waals surface area contributed by atoms with Crippen molar-refractivity contribution in [2.24, 2.45) is 0 Å². The van der Waals surface area contributed by atoms with Crippen LogP contribution >= 0.6 is 0 Å². The zero-order valence-corrected chi connectivity index (χ0v) is 14.5. The van der Waals surface area contributed by atoms with Crippen molar-refractivity contribution in [3.05, 3.63) is 42.1 Å². The first-order valence-electron chi connectivity index (χ1n) is 7.79. The zero-order valence-electron chi connectivity index (χ0n) is 13.7. The minimum Gasteiger partial charge on any atom is -0.447 e. The Kier molecular flexibility index (Phi) is 3.96. The number of nitrogens with zero attached hydrogens (tertiary/aromatic N) is 1. The van der Waals surface area contributed by atoms with Crippen molar-refractivity contribution in [1.82, 2.24) is 4.98 Å². The third-order valence-corrected chi connectivity index (χ3v) is 6.15. The van der Waals surface area contributed by atoms with Crippen LogP contribution in [0.25, 0.3) is 0 Å². The first-order valence-corrected chi connectivity index (χ1v) is 9.34. The summed E-state index contributed by atoms with van der Waals surface area (Å²) < 4.78 is 30.0. The molecule has 1 saturated carbocycles. The van der Waals surface area contributed by atoms with Crippen LogP contribution in [0, 0.1) is 0 Å². The van der Waals surface area contributed by atoms with E-state index in [1.165, 1.54) is 0 Å². The second-order valence-electron chi connectivity index (χ2n) is 7.00. The number of hydrogen-bond donors (Lipinski definition) is 1. The summed E-state index contributed by atoms with van der Waals surface area (Å²) in [4.78, 5) is 4.84. The van der Waals surface area contributed by atoms with Crippen molar-refractivity contribution in [2.45, 2.75) is 55.7 Å². The molecule has 2 aromatic rings. The lowest BCUT2D eigenvalue weighted by atomic mass is 9.93. The Morgan fingerprint density at radius 2 is 2.04 bits per heavy atom. The molecule has 124 valence electrons. The van der Waals surface area contributed by atoms with Crippen LogP contribution in [0.2, 0.25) is 0 Å². The number of rotatable bonds is 5. The number of aromatic nitrogens is 1. The van der Waals surface area contributed by atoms with Gasteiger partial charge in [0, 0.05) is 11.1 Å². The molecule has 0 saturated heterocycles. The molecule has 1 aliphatic rings. The third-order valence-electron chi connectivity index (χ3n) is 3.89. The number of anilines is 1. The monoisotopic (exact) mass is 334 g/mol. The van der Waals surface area contributed by atoms with Gasteiger partial charge in [0.25, 0.3) is 0 Å². The van der Waals surface area contributed by atoms with Gasteiger partial charge in [0.05, 0.1) is 22.4 Å². The number of nitrogens with one attached hydrogen (secondary N) is 1. The normalized spacial score (nSPS) is 15.6. The lowest BCUT2D eigenvalue weighted by Gasteiger charge is -2.13. The molecule has 5 nitrogen and oxygen atoms in total. The largest absolute Gasteiger partial charge is 0.447 e. The van der Waals surface area contributed by atoms with Gasteiger partial charge in [-0.05, 0) is 31.0 Å². The van der Waals surface area contributed by atoms with E-state index in [4.69, 9.17) is 4.42 Å². The topological polar surface area (TPSA) is 72.2 Å². The maximum absolute atomic E-state index is 12.3. The summed E-state index contributed by atoms with van der Waals surface area (Å²) >= 11 is 0. The smallest absolute Gasteiger partial charge is 0.213 e. The number of benzene rings is 1. The average molecular weight is 334 g/mol. The molecule has 6 heteroatoms. The Labute approximate surface area is 137 Å². The summed E-state index contributed by atoms with van der Waals surface area (Å²) in [6.45, 7) is 6.65. The molecule has 0 atom stereocenters. The summed E-state index contributed by atoms with van der Waals surface area (Å²) in [5, 5.41) is 2.98. The quantitative estimate of drug-likeness (QED) is 0.906. The number of hydrogen-bond acceptors (Lipinski definition) is 5. The fraction of sp³-hybridized carbons (Fsp3) is 0.471. The van der Waals surface area contributed by atoms with Crippen molar-refractivity contribution >= 4 is 15.5 Å². The molecule has 1 heterocycles. The molecule has 1 aromatic carbocycles. The fourth-order valence-electron chi connectivity index (χ4n) is 2.27. The standard InChI is InChI=1S/C17H22N2O3S/c1-17(2,3)15-11-22-16(19-15)10-18-12-5-4-6-14(9-12)23(20,21)13-7-8-13/h4-6,9,11,13,18H,7-8,10H2,1-3H3. The van der Waals surface area contributed by atoms with Crippen molar-refractivity contribution in [3.8, 4) is 0 Å². The van der Waals surface area contributed by atoms with Gasteiger partial charge in [0.1, 0.15) is 6.26 Å². The van der Waals surface area contributed by atoms with E-state index in [-0.39, 0.29) is 10.7 Å². The Bertz CT molecular complexity index is 799. The number of sulfone groups is 1. The van der Waals surface area contributed by atoms with Gasteiger partial charge in [0.2, 0.25) is 5.89 Å². The predicted octanol–water partition coefficient (Wildman–Crippen LogP) is 3.52. The highest BCUT2D eigenvalue weighted by Gasteiger charge is 2.36. The van der Waals surface area contributed by atoms with Gasteiger partial charge in [0.15, 0.2) is 9.84 Å². The maximum atomic E-state index is 12.3. The summed E-state index contributed by atoms with van der Waals surface area (Å²) in [6.07, 6.45) is 3.21. The molecule has 3 rings (SSSR count). The van der Waals surface area contributed by atoms with E-state index in [2.05, 4.69) is 31.1 Å². The fourth-order valence-corrected chi connectivity index (χ4v) is 3.97. The molecule has 1 fully saturated rings. The minimum absolute atomic E-state index is 0.0555. The van der Waals surface area contributed by atoms with Crippen molar-refractivity contribution in [2.75, 3.05) is 5.32 Å².